The molecule has 1 aliphatic rings. The molecule has 2 atom stereocenters. The highest BCUT2D eigenvalue weighted by Gasteiger charge is 2.24. The second kappa shape index (κ2) is 7.25. The summed E-state index contributed by atoms with van der Waals surface area (Å²) >= 11 is 0. The van der Waals surface area contributed by atoms with Crippen molar-refractivity contribution < 1.29 is 5.11 Å². The van der Waals surface area contributed by atoms with Gasteiger partial charge in [0.05, 0.1) is 6.61 Å². The summed E-state index contributed by atoms with van der Waals surface area (Å²) in [6, 6.07) is 0.281. The van der Waals surface area contributed by atoms with Gasteiger partial charge in [-0.15, -0.1) is 0 Å². The number of rotatable bonds is 7. The van der Waals surface area contributed by atoms with Gasteiger partial charge in [0.15, 0.2) is 0 Å². The molecule has 1 heterocycles. The minimum atomic E-state index is 0.259. The zero-order valence-corrected chi connectivity index (χ0v) is 11.1. The number of nitrogens with zero attached hydrogens (tertiary/aromatic N) is 1. The van der Waals surface area contributed by atoms with Crippen LogP contribution in [0.15, 0.2) is 0 Å². The standard InChI is InChI=1S/C13H28N2O/c1-4-14-13(10-16)6-8-15-7-5-12(9-15)11(2)3/h11-14,16H,4-10H2,1-3H3. The van der Waals surface area contributed by atoms with Crippen LogP contribution < -0.4 is 5.32 Å². The van der Waals surface area contributed by atoms with Crippen LogP contribution >= 0.6 is 0 Å². The number of hydrogen-bond donors (Lipinski definition) is 2. The lowest BCUT2D eigenvalue weighted by molar-refractivity contribution is 0.215. The summed E-state index contributed by atoms with van der Waals surface area (Å²) in [4.78, 5) is 2.55. The average molecular weight is 228 g/mol. The Morgan fingerprint density at radius 3 is 2.69 bits per heavy atom. The molecule has 0 radical (unpaired) electrons. The number of aliphatic hydroxyl groups excluding tert-OH is 1. The van der Waals surface area contributed by atoms with Crippen molar-refractivity contribution >= 4 is 0 Å². The number of likely N-dealkylation sites (tertiary alicyclic amines) is 1. The van der Waals surface area contributed by atoms with Crippen molar-refractivity contribution in [1.82, 2.24) is 10.2 Å². The van der Waals surface area contributed by atoms with Crippen molar-refractivity contribution in [3.05, 3.63) is 0 Å². The van der Waals surface area contributed by atoms with Crippen LogP contribution in [0.4, 0.5) is 0 Å². The van der Waals surface area contributed by atoms with Gasteiger partial charge in [-0.05, 0) is 44.3 Å². The number of likely N-dealkylation sites (N-methyl/N-ethyl adjacent to an activating group) is 1. The van der Waals surface area contributed by atoms with Crippen molar-refractivity contribution in [1.29, 1.82) is 0 Å². The molecule has 1 rings (SSSR count). The molecule has 0 bridgehead atoms. The van der Waals surface area contributed by atoms with E-state index in [1.54, 1.807) is 0 Å². The van der Waals surface area contributed by atoms with E-state index < -0.39 is 0 Å². The number of nitrogens with one attached hydrogen (secondary N) is 1. The molecular weight excluding hydrogens is 200 g/mol. The van der Waals surface area contributed by atoms with Gasteiger partial charge in [-0.2, -0.15) is 0 Å². The van der Waals surface area contributed by atoms with E-state index in [1.807, 2.05) is 0 Å². The summed E-state index contributed by atoms with van der Waals surface area (Å²) in [6.07, 6.45) is 2.41. The smallest absolute Gasteiger partial charge is 0.0585 e. The molecule has 0 amide bonds. The molecule has 96 valence electrons. The highest BCUT2D eigenvalue weighted by molar-refractivity contribution is 4.78. The Hall–Kier alpha value is -0.120. The van der Waals surface area contributed by atoms with Crippen LogP contribution in [-0.2, 0) is 0 Å². The van der Waals surface area contributed by atoms with Gasteiger partial charge in [-0.1, -0.05) is 20.8 Å². The molecule has 1 fully saturated rings. The maximum absolute atomic E-state index is 9.19. The van der Waals surface area contributed by atoms with Gasteiger partial charge < -0.3 is 15.3 Å². The Labute approximate surface area is 100 Å². The van der Waals surface area contributed by atoms with Gasteiger partial charge in [-0.3, -0.25) is 0 Å². The topological polar surface area (TPSA) is 35.5 Å². The van der Waals surface area contributed by atoms with E-state index in [1.165, 1.54) is 19.5 Å². The Kier molecular flexibility index (Phi) is 6.32. The zero-order chi connectivity index (χ0) is 12.0. The normalized spacial score (nSPS) is 24.2. The van der Waals surface area contributed by atoms with Gasteiger partial charge in [0.1, 0.15) is 0 Å². The van der Waals surface area contributed by atoms with Gasteiger partial charge in [0.2, 0.25) is 0 Å². The predicted octanol–water partition coefficient (Wildman–Crippen LogP) is 1.32. The first-order chi connectivity index (χ1) is 7.67. The average Bonchev–Trinajstić information content (AvgIpc) is 2.73. The molecule has 1 saturated heterocycles. The van der Waals surface area contributed by atoms with Gasteiger partial charge in [0.25, 0.3) is 0 Å². The molecule has 0 aromatic heterocycles. The summed E-state index contributed by atoms with van der Waals surface area (Å²) in [7, 11) is 0. The van der Waals surface area contributed by atoms with Gasteiger partial charge in [0, 0.05) is 12.6 Å². The Balaban J connectivity index is 2.18. The van der Waals surface area contributed by atoms with E-state index in [4.69, 9.17) is 0 Å². The molecule has 0 saturated carbocycles. The Bertz CT molecular complexity index is 185. The monoisotopic (exact) mass is 228 g/mol. The molecule has 2 N–H and O–H groups in total. The van der Waals surface area contributed by atoms with E-state index in [0.717, 1.165) is 31.3 Å². The maximum Gasteiger partial charge on any atom is 0.0585 e. The highest BCUT2D eigenvalue weighted by Crippen LogP contribution is 2.23. The van der Waals surface area contributed by atoms with E-state index in [2.05, 4.69) is 31.0 Å². The first-order valence-electron chi connectivity index (χ1n) is 6.74. The molecule has 0 aliphatic carbocycles. The number of aliphatic hydroxyl groups is 1. The molecule has 2 unspecified atom stereocenters. The third-order valence-electron chi connectivity index (χ3n) is 3.76. The highest BCUT2D eigenvalue weighted by atomic mass is 16.3. The largest absolute Gasteiger partial charge is 0.395 e. The van der Waals surface area contributed by atoms with E-state index in [-0.39, 0.29) is 12.6 Å². The molecule has 16 heavy (non-hydrogen) atoms. The minimum Gasteiger partial charge on any atom is -0.395 e. The quantitative estimate of drug-likeness (QED) is 0.690. The van der Waals surface area contributed by atoms with Crippen LogP contribution in [0.5, 0.6) is 0 Å². The molecule has 0 aromatic carbocycles. The van der Waals surface area contributed by atoms with Crippen LogP contribution in [0.3, 0.4) is 0 Å². The Morgan fingerprint density at radius 1 is 1.44 bits per heavy atom. The zero-order valence-electron chi connectivity index (χ0n) is 11.1. The lowest BCUT2D eigenvalue weighted by Gasteiger charge is -2.21. The summed E-state index contributed by atoms with van der Waals surface area (Å²) in [5.74, 6) is 1.69. The second-order valence-electron chi connectivity index (χ2n) is 5.32. The molecule has 3 nitrogen and oxygen atoms in total. The third kappa shape index (κ3) is 4.40. The van der Waals surface area contributed by atoms with Crippen LogP contribution in [0.25, 0.3) is 0 Å². The maximum atomic E-state index is 9.19. The SMILES string of the molecule is CCNC(CO)CCN1CCC(C(C)C)C1. The van der Waals surface area contributed by atoms with Crippen molar-refractivity contribution in [3.63, 3.8) is 0 Å². The summed E-state index contributed by atoms with van der Waals surface area (Å²) < 4.78 is 0. The fraction of sp³-hybridized carbons (Fsp3) is 1.00. The van der Waals surface area contributed by atoms with Crippen molar-refractivity contribution in [3.8, 4) is 0 Å². The lowest BCUT2D eigenvalue weighted by atomic mass is 9.95. The van der Waals surface area contributed by atoms with Gasteiger partial charge >= 0.3 is 0 Å². The van der Waals surface area contributed by atoms with E-state index >= 15 is 0 Å². The molecular formula is C13H28N2O. The predicted molar refractivity (Wildman–Crippen MR) is 68.6 cm³/mol. The van der Waals surface area contributed by atoms with Crippen molar-refractivity contribution in [2.24, 2.45) is 11.8 Å². The first kappa shape index (κ1) is 13.9. The Morgan fingerprint density at radius 2 is 2.19 bits per heavy atom. The first-order valence-corrected chi connectivity index (χ1v) is 6.74. The molecule has 0 spiro atoms. The van der Waals surface area contributed by atoms with Crippen LogP contribution in [0, 0.1) is 11.8 Å². The van der Waals surface area contributed by atoms with E-state index in [0.29, 0.717) is 0 Å². The lowest BCUT2D eigenvalue weighted by Crippen LogP contribution is -2.36. The third-order valence-corrected chi connectivity index (χ3v) is 3.76. The van der Waals surface area contributed by atoms with Crippen LogP contribution in [0.2, 0.25) is 0 Å². The summed E-state index contributed by atoms with van der Waals surface area (Å²) in [5, 5.41) is 12.5. The molecule has 0 aromatic rings. The van der Waals surface area contributed by atoms with Crippen LogP contribution in [0.1, 0.15) is 33.6 Å². The number of hydrogen-bond acceptors (Lipinski definition) is 3. The fourth-order valence-corrected chi connectivity index (χ4v) is 2.49. The molecule has 1 aliphatic heterocycles. The van der Waals surface area contributed by atoms with E-state index in [9.17, 15) is 5.11 Å². The van der Waals surface area contributed by atoms with Crippen molar-refractivity contribution in [2.45, 2.75) is 39.7 Å². The minimum absolute atomic E-state index is 0.259. The van der Waals surface area contributed by atoms with Crippen LogP contribution in [-0.4, -0.2) is 48.8 Å². The van der Waals surface area contributed by atoms with Gasteiger partial charge in [-0.25, -0.2) is 0 Å². The summed E-state index contributed by atoms with van der Waals surface area (Å²) in [6.45, 7) is 11.6. The molecule has 3 heteroatoms. The summed E-state index contributed by atoms with van der Waals surface area (Å²) in [5.41, 5.74) is 0. The fourth-order valence-electron chi connectivity index (χ4n) is 2.49. The second-order valence-corrected chi connectivity index (χ2v) is 5.32. The van der Waals surface area contributed by atoms with Crippen molar-refractivity contribution in [2.75, 3.05) is 32.8 Å².